The number of hydrogen-bond donors (Lipinski definition) is 2. The molecule has 0 radical (unpaired) electrons. The largest absolute Gasteiger partial charge is 0.378 e. The average Bonchev–Trinajstić information content (AvgIpc) is 2.79. The van der Waals surface area contributed by atoms with Gasteiger partial charge in [-0.2, -0.15) is 0 Å². The molecule has 0 bridgehead atoms. The summed E-state index contributed by atoms with van der Waals surface area (Å²) in [5.41, 5.74) is 0.314. The van der Waals surface area contributed by atoms with E-state index in [4.69, 9.17) is 4.74 Å². The molecule has 2 saturated carbocycles. The summed E-state index contributed by atoms with van der Waals surface area (Å²) in [6, 6.07) is 7.09. The lowest BCUT2D eigenvalue weighted by Crippen LogP contribution is -2.67. The quantitative estimate of drug-likeness (QED) is 0.587. The van der Waals surface area contributed by atoms with Crippen molar-refractivity contribution in [1.82, 2.24) is 15.6 Å². The van der Waals surface area contributed by atoms with Crippen LogP contribution in [0, 0.1) is 5.41 Å². The summed E-state index contributed by atoms with van der Waals surface area (Å²) in [6.07, 6.45) is 12.2. The van der Waals surface area contributed by atoms with E-state index in [0.29, 0.717) is 23.6 Å². The van der Waals surface area contributed by atoms with Gasteiger partial charge in [0.05, 0.1) is 6.10 Å². The fraction of sp³-hybridized carbons (Fsp3) is 0.739. The van der Waals surface area contributed by atoms with Crippen molar-refractivity contribution in [3.63, 3.8) is 0 Å². The molecule has 0 amide bonds. The molecule has 1 saturated heterocycles. The van der Waals surface area contributed by atoms with Crippen LogP contribution in [0.4, 0.5) is 5.82 Å². The Morgan fingerprint density at radius 3 is 2.66 bits per heavy atom. The highest BCUT2D eigenvalue weighted by atomic mass is 16.5. The molecule has 2 aliphatic carbocycles. The molecule has 2 unspecified atom stereocenters. The van der Waals surface area contributed by atoms with Gasteiger partial charge in [-0.15, -0.1) is 0 Å². The summed E-state index contributed by atoms with van der Waals surface area (Å²) in [5.74, 6) is 2.05. The third-order valence-electron chi connectivity index (χ3n) is 7.28. The Morgan fingerprint density at radius 1 is 1.21 bits per heavy atom. The van der Waals surface area contributed by atoms with Crippen LogP contribution in [0.3, 0.4) is 0 Å². The van der Waals surface area contributed by atoms with Gasteiger partial charge in [0, 0.05) is 50.4 Å². The number of nitrogens with one attached hydrogen (secondary N) is 2. The smallest absolute Gasteiger partial charge is 0.191 e. The Morgan fingerprint density at radius 2 is 2.00 bits per heavy atom. The maximum Gasteiger partial charge on any atom is 0.191 e. The predicted octanol–water partition coefficient (Wildman–Crippen LogP) is 3.34. The number of rotatable bonds is 5. The molecular weight excluding hydrogens is 362 g/mol. The molecule has 0 aromatic carbocycles. The number of aromatic nitrogens is 1. The number of pyridine rings is 1. The topological polar surface area (TPSA) is 61.8 Å². The minimum atomic E-state index is 0.314. The summed E-state index contributed by atoms with van der Waals surface area (Å²) in [7, 11) is 1.89. The van der Waals surface area contributed by atoms with E-state index in [1.807, 2.05) is 19.3 Å². The van der Waals surface area contributed by atoms with Crippen LogP contribution in [0.25, 0.3) is 0 Å². The molecule has 1 spiro atoms. The zero-order valence-corrected chi connectivity index (χ0v) is 18.1. The van der Waals surface area contributed by atoms with Crippen molar-refractivity contribution < 1.29 is 4.74 Å². The second-order valence-electron chi connectivity index (χ2n) is 8.84. The van der Waals surface area contributed by atoms with E-state index >= 15 is 0 Å². The third-order valence-corrected chi connectivity index (χ3v) is 7.28. The van der Waals surface area contributed by atoms with Crippen LogP contribution in [-0.4, -0.2) is 55.9 Å². The highest BCUT2D eigenvalue weighted by Gasteiger charge is 2.55. The zero-order valence-electron chi connectivity index (χ0n) is 18.1. The lowest BCUT2D eigenvalue weighted by Gasteiger charge is -2.58. The zero-order chi connectivity index (χ0) is 20.1. The van der Waals surface area contributed by atoms with E-state index in [9.17, 15) is 0 Å². The van der Waals surface area contributed by atoms with Gasteiger partial charge in [-0.1, -0.05) is 25.3 Å². The molecule has 2 heterocycles. The lowest BCUT2D eigenvalue weighted by atomic mass is 9.55. The average molecular weight is 400 g/mol. The first-order valence-corrected chi connectivity index (χ1v) is 11.5. The van der Waals surface area contributed by atoms with E-state index in [2.05, 4.69) is 44.6 Å². The van der Waals surface area contributed by atoms with E-state index in [-0.39, 0.29) is 0 Å². The van der Waals surface area contributed by atoms with Gasteiger partial charge in [-0.3, -0.25) is 4.99 Å². The van der Waals surface area contributed by atoms with Crippen molar-refractivity contribution in [2.75, 3.05) is 31.6 Å². The molecule has 1 aliphatic heterocycles. The third kappa shape index (κ3) is 4.37. The number of guanidine groups is 1. The molecule has 1 aromatic heterocycles. The van der Waals surface area contributed by atoms with Crippen molar-refractivity contribution in [2.45, 2.75) is 76.5 Å². The van der Waals surface area contributed by atoms with Crippen LogP contribution < -0.4 is 15.5 Å². The summed E-state index contributed by atoms with van der Waals surface area (Å²) < 4.78 is 6.11. The van der Waals surface area contributed by atoms with Crippen molar-refractivity contribution in [3.8, 4) is 0 Å². The van der Waals surface area contributed by atoms with Crippen LogP contribution >= 0.6 is 0 Å². The molecule has 29 heavy (non-hydrogen) atoms. The summed E-state index contributed by atoms with van der Waals surface area (Å²) in [4.78, 5) is 11.4. The molecule has 2 N–H and O–H groups in total. The molecule has 2 atom stereocenters. The maximum absolute atomic E-state index is 6.11. The molecule has 1 aromatic rings. The Balaban J connectivity index is 1.30. The monoisotopic (exact) mass is 399 g/mol. The van der Waals surface area contributed by atoms with Gasteiger partial charge in [0.15, 0.2) is 5.96 Å². The van der Waals surface area contributed by atoms with Gasteiger partial charge in [-0.25, -0.2) is 4.98 Å². The van der Waals surface area contributed by atoms with Crippen LogP contribution in [-0.2, 0) is 4.74 Å². The predicted molar refractivity (Wildman–Crippen MR) is 118 cm³/mol. The molecule has 6 nitrogen and oxygen atoms in total. The molecular formula is C23H37N5O. The lowest BCUT2D eigenvalue weighted by molar-refractivity contribution is -0.145. The van der Waals surface area contributed by atoms with E-state index < -0.39 is 0 Å². The number of anilines is 1. The standard InChI is InChI=1S/C23H37N5O/c1-3-29-20-17-19(23(20)12-6-4-7-13-23)27-22(24-2)26-18-10-15-28(16-11-18)21-9-5-8-14-25-21/h5,8-9,14,18-20H,3-4,6-7,10-13,15-17H2,1-2H3,(H2,24,26,27). The molecule has 160 valence electrons. The van der Waals surface area contributed by atoms with Crippen molar-refractivity contribution in [2.24, 2.45) is 10.4 Å². The van der Waals surface area contributed by atoms with Crippen LogP contribution in [0.2, 0.25) is 0 Å². The van der Waals surface area contributed by atoms with Crippen LogP contribution in [0.15, 0.2) is 29.4 Å². The fourth-order valence-electron chi connectivity index (χ4n) is 5.59. The first kappa shape index (κ1) is 20.5. The first-order chi connectivity index (χ1) is 14.2. The van der Waals surface area contributed by atoms with Crippen molar-refractivity contribution >= 4 is 11.8 Å². The Kier molecular flexibility index (Phi) is 6.58. The van der Waals surface area contributed by atoms with Crippen molar-refractivity contribution in [1.29, 1.82) is 0 Å². The fourth-order valence-corrected chi connectivity index (χ4v) is 5.59. The Hall–Kier alpha value is -1.82. The molecule has 3 aliphatic rings. The number of hydrogen-bond acceptors (Lipinski definition) is 4. The highest BCUT2D eigenvalue weighted by molar-refractivity contribution is 5.80. The van der Waals surface area contributed by atoms with E-state index in [1.165, 1.54) is 32.1 Å². The van der Waals surface area contributed by atoms with Crippen LogP contribution in [0.1, 0.15) is 58.3 Å². The Bertz CT molecular complexity index is 665. The van der Waals surface area contributed by atoms with Gasteiger partial charge < -0.3 is 20.3 Å². The highest BCUT2D eigenvalue weighted by Crippen LogP contribution is 2.53. The number of ether oxygens (including phenoxy) is 1. The van der Waals surface area contributed by atoms with Crippen LogP contribution in [0.5, 0.6) is 0 Å². The van der Waals surface area contributed by atoms with Gasteiger partial charge in [0.2, 0.25) is 0 Å². The van der Waals surface area contributed by atoms with E-state index in [1.54, 1.807) is 0 Å². The van der Waals surface area contributed by atoms with Gasteiger partial charge in [0.25, 0.3) is 0 Å². The SMILES string of the molecule is CCOC1CC(NC(=NC)NC2CCN(c3ccccn3)CC2)C12CCCCC2. The number of nitrogens with zero attached hydrogens (tertiary/aromatic N) is 3. The molecule has 3 fully saturated rings. The van der Waals surface area contributed by atoms with Gasteiger partial charge >= 0.3 is 0 Å². The van der Waals surface area contributed by atoms with Gasteiger partial charge in [0.1, 0.15) is 5.82 Å². The molecule has 4 rings (SSSR count). The van der Waals surface area contributed by atoms with Gasteiger partial charge in [-0.05, 0) is 51.2 Å². The summed E-state index contributed by atoms with van der Waals surface area (Å²) >= 11 is 0. The minimum Gasteiger partial charge on any atom is -0.378 e. The minimum absolute atomic E-state index is 0.314. The van der Waals surface area contributed by atoms with Crippen molar-refractivity contribution in [3.05, 3.63) is 24.4 Å². The second-order valence-corrected chi connectivity index (χ2v) is 8.84. The second kappa shape index (κ2) is 9.33. The Labute approximate surface area is 175 Å². The maximum atomic E-state index is 6.11. The summed E-state index contributed by atoms with van der Waals surface area (Å²) in [5, 5.41) is 7.47. The number of piperidine rings is 1. The van der Waals surface area contributed by atoms with E-state index in [0.717, 1.165) is 50.7 Å². The first-order valence-electron chi connectivity index (χ1n) is 11.5. The number of aliphatic imine (C=N–C) groups is 1. The normalized spacial score (nSPS) is 27.5. The molecule has 6 heteroatoms. The summed E-state index contributed by atoms with van der Waals surface area (Å²) in [6.45, 7) is 5.01.